The van der Waals surface area contributed by atoms with E-state index in [1.54, 1.807) is 14.2 Å². The van der Waals surface area contributed by atoms with Gasteiger partial charge in [-0.15, -0.1) is 24.0 Å². The fraction of sp³-hybridized carbons (Fsp3) is 0.682. The van der Waals surface area contributed by atoms with Gasteiger partial charge in [0.1, 0.15) is 11.5 Å². The van der Waals surface area contributed by atoms with Crippen molar-refractivity contribution in [1.29, 1.82) is 0 Å². The quantitative estimate of drug-likeness (QED) is 0.274. The molecule has 1 aromatic carbocycles. The van der Waals surface area contributed by atoms with Crippen molar-refractivity contribution in [1.82, 2.24) is 20.4 Å². The number of likely N-dealkylation sites (tertiary alicyclic amines) is 1. The highest BCUT2D eigenvalue weighted by Gasteiger charge is 2.23. The second-order valence-corrected chi connectivity index (χ2v) is 7.61. The molecule has 8 heteroatoms. The van der Waals surface area contributed by atoms with Crippen molar-refractivity contribution in [2.45, 2.75) is 45.8 Å². The van der Waals surface area contributed by atoms with Crippen LogP contribution in [0.3, 0.4) is 0 Å². The minimum absolute atomic E-state index is 0. The first-order valence-corrected chi connectivity index (χ1v) is 10.7. The molecule has 0 amide bonds. The lowest BCUT2D eigenvalue weighted by Gasteiger charge is -2.27. The van der Waals surface area contributed by atoms with E-state index in [4.69, 9.17) is 9.47 Å². The first kappa shape index (κ1) is 26.8. The minimum atomic E-state index is 0. The molecule has 172 valence electrons. The van der Waals surface area contributed by atoms with Crippen molar-refractivity contribution in [3.8, 4) is 11.5 Å². The molecule has 0 aliphatic carbocycles. The van der Waals surface area contributed by atoms with Crippen molar-refractivity contribution >= 4 is 29.9 Å². The van der Waals surface area contributed by atoms with Gasteiger partial charge in [0.15, 0.2) is 5.96 Å². The molecule has 0 saturated carbocycles. The normalized spacial score (nSPS) is 18.1. The van der Waals surface area contributed by atoms with Crippen LogP contribution in [-0.2, 0) is 6.54 Å². The van der Waals surface area contributed by atoms with Crippen LogP contribution in [0, 0.1) is 0 Å². The Labute approximate surface area is 199 Å². The van der Waals surface area contributed by atoms with Crippen molar-refractivity contribution in [3.05, 3.63) is 23.8 Å². The zero-order valence-corrected chi connectivity index (χ0v) is 21.7. The highest BCUT2D eigenvalue weighted by molar-refractivity contribution is 14.0. The standard InChI is InChI=1S/C22H39N5O2.HI/c1-7-27(8-2)17(3)14-24-22(23-4)25-19-9-10-26(16-19)15-18-11-20(28-5)13-21(12-18)29-6;/h11-13,17,19H,7-10,14-16H2,1-6H3,(H2,23,24,25);1H. The second kappa shape index (κ2) is 13.9. The number of halogens is 1. The van der Waals surface area contributed by atoms with E-state index < -0.39 is 0 Å². The lowest BCUT2D eigenvalue weighted by atomic mass is 10.2. The number of likely N-dealkylation sites (N-methyl/N-ethyl adjacent to an activating group) is 1. The maximum atomic E-state index is 5.39. The van der Waals surface area contributed by atoms with Crippen LogP contribution in [0.5, 0.6) is 11.5 Å². The van der Waals surface area contributed by atoms with Crippen molar-refractivity contribution in [3.63, 3.8) is 0 Å². The van der Waals surface area contributed by atoms with Gasteiger partial charge in [-0.25, -0.2) is 0 Å². The van der Waals surface area contributed by atoms with Gasteiger partial charge in [-0.3, -0.25) is 14.8 Å². The first-order valence-electron chi connectivity index (χ1n) is 10.7. The van der Waals surface area contributed by atoms with E-state index >= 15 is 0 Å². The molecule has 1 aliphatic rings. The van der Waals surface area contributed by atoms with E-state index in [1.807, 2.05) is 13.1 Å². The molecule has 0 bridgehead atoms. The summed E-state index contributed by atoms with van der Waals surface area (Å²) in [6, 6.07) is 6.95. The Morgan fingerprint density at radius 1 is 1.20 bits per heavy atom. The van der Waals surface area contributed by atoms with Crippen molar-refractivity contribution < 1.29 is 9.47 Å². The maximum absolute atomic E-state index is 5.39. The van der Waals surface area contributed by atoms with Crippen LogP contribution in [0.2, 0.25) is 0 Å². The zero-order chi connectivity index (χ0) is 21.2. The van der Waals surface area contributed by atoms with E-state index in [-0.39, 0.29) is 24.0 Å². The molecule has 1 fully saturated rings. The molecule has 0 aromatic heterocycles. The van der Waals surface area contributed by atoms with Crippen LogP contribution < -0.4 is 20.1 Å². The smallest absolute Gasteiger partial charge is 0.191 e. The summed E-state index contributed by atoms with van der Waals surface area (Å²) in [6.45, 7) is 12.6. The third kappa shape index (κ3) is 8.11. The molecule has 30 heavy (non-hydrogen) atoms. The highest BCUT2D eigenvalue weighted by atomic mass is 127. The average Bonchev–Trinajstić information content (AvgIpc) is 3.18. The van der Waals surface area contributed by atoms with Crippen molar-refractivity contribution in [2.24, 2.45) is 4.99 Å². The molecule has 2 N–H and O–H groups in total. The highest BCUT2D eigenvalue weighted by Crippen LogP contribution is 2.24. The molecule has 2 rings (SSSR count). The molecule has 2 unspecified atom stereocenters. The molecule has 0 radical (unpaired) electrons. The number of methoxy groups -OCH3 is 2. The second-order valence-electron chi connectivity index (χ2n) is 7.61. The summed E-state index contributed by atoms with van der Waals surface area (Å²) in [5, 5.41) is 7.07. The fourth-order valence-corrected chi connectivity index (χ4v) is 3.92. The van der Waals surface area contributed by atoms with Gasteiger partial charge in [0, 0.05) is 51.4 Å². The fourth-order valence-electron chi connectivity index (χ4n) is 3.92. The Balaban J connectivity index is 0.00000450. The molecule has 1 aromatic rings. The predicted molar refractivity (Wildman–Crippen MR) is 136 cm³/mol. The summed E-state index contributed by atoms with van der Waals surface area (Å²) in [4.78, 5) is 9.31. The Hall–Kier alpha value is -1.26. The Kier molecular flexibility index (Phi) is 12.4. The number of guanidine groups is 1. The summed E-state index contributed by atoms with van der Waals surface area (Å²) < 4.78 is 10.8. The van der Waals surface area contributed by atoms with E-state index in [1.165, 1.54) is 5.56 Å². The summed E-state index contributed by atoms with van der Waals surface area (Å²) in [7, 11) is 5.22. The number of nitrogens with one attached hydrogen (secondary N) is 2. The minimum Gasteiger partial charge on any atom is -0.497 e. The zero-order valence-electron chi connectivity index (χ0n) is 19.4. The predicted octanol–water partition coefficient (Wildman–Crippen LogP) is 2.79. The largest absolute Gasteiger partial charge is 0.497 e. The van der Waals surface area contributed by atoms with Crippen LogP contribution in [0.15, 0.2) is 23.2 Å². The summed E-state index contributed by atoms with van der Waals surface area (Å²) >= 11 is 0. The number of nitrogens with zero attached hydrogens (tertiary/aromatic N) is 3. The summed E-state index contributed by atoms with van der Waals surface area (Å²) in [5.41, 5.74) is 1.21. The Bertz CT molecular complexity index is 632. The maximum Gasteiger partial charge on any atom is 0.191 e. The number of hydrogen-bond acceptors (Lipinski definition) is 5. The van der Waals surface area contributed by atoms with E-state index in [2.05, 4.69) is 58.3 Å². The molecule has 0 spiro atoms. The van der Waals surface area contributed by atoms with Crippen LogP contribution in [-0.4, -0.2) is 81.8 Å². The van der Waals surface area contributed by atoms with Gasteiger partial charge in [-0.05, 0) is 44.1 Å². The number of hydrogen-bond donors (Lipinski definition) is 2. The average molecular weight is 533 g/mol. The van der Waals surface area contributed by atoms with Gasteiger partial charge < -0.3 is 20.1 Å². The summed E-state index contributed by atoms with van der Waals surface area (Å²) in [6.07, 6.45) is 1.10. The lowest BCUT2D eigenvalue weighted by Crippen LogP contribution is -2.49. The number of benzene rings is 1. The van der Waals surface area contributed by atoms with E-state index in [0.29, 0.717) is 12.1 Å². The molecule has 7 nitrogen and oxygen atoms in total. The third-order valence-corrected chi connectivity index (χ3v) is 5.65. The first-order chi connectivity index (χ1) is 14.0. The van der Waals surface area contributed by atoms with Gasteiger partial charge in [-0.2, -0.15) is 0 Å². The Morgan fingerprint density at radius 2 is 1.83 bits per heavy atom. The van der Waals surface area contributed by atoms with E-state index in [0.717, 1.165) is 63.1 Å². The van der Waals surface area contributed by atoms with Crippen LogP contribution in [0.25, 0.3) is 0 Å². The Morgan fingerprint density at radius 3 is 2.37 bits per heavy atom. The molecule has 2 atom stereocenters. The van der Waals surface area contributed by atoms with Gasteiger partial charge >= 0.3 is 0 Å². The number of rotatable bonds is 10. The molecular formula is C22H40IN5O2. The topological polar surface area (TPSA) is 61.4 Å². The molecular weight excluding hydrogens is 493 g/mol. The van der Waals surface area contributed by atoms with E-state index in [9.17, 15) is 0 Å². The molecule has 1 saturated heterocycles. The third-order valence-electron chi connectivity index (χ3n) is 5.65. The van der Waals surface area contributed by atoms with Gasteiger partial charge in [0.05, 0.1) is 14.2 Å². The number of aliphatic imine (C=N–C) groups is 1. The van der Waals surface area contributed by atoms with Gasteiger partial charge in [0.2, 0.25) is 0 Å². The van der Waals surface area contributed by atoms with Crippen molar-refractivity contribution in [2.75, 3.05) is 54.0 Å². The van der Waals surface area contributed by atoms with Gasteiger partial charge in [0.25, 0.3) is 0 Å². The van der Waals surface area contributed by atoms with Crippen LogP contribution >= 0.6 is 24.0 Å². The number of ether oxygens (including phenoxy) is 2. The summed E-state index contributed by atoms with van der Waals surface area (Å²) in [5.74, 6) is 2.55. The monoisotopic (exact) mass is 533 g/mol. The van der Waals surface area contributed by atoms with Crippen LogP contribution in [0.4, 0.5) is 0 Å². The molecule has 1 heterocycles. The SMILES string of the molecule is CCN(CC)C(C)CNC(=NC)NC1CCN(Cc2cc(OC)cc(OC)c2)C1.I. The molecule has 1 aliphatic heterocycles. The van der Waals surface area contributed by atoms with Crippen LogP contribution in [0.1, 0.15) is 32.8 Å². The van der Waals surface area contributed by atoms with Gasteiger partial charge in [-0.1, -0.05) is 13.8 Å². The lowest BCUT2D eigenvalue weighted by molar-refractivity contribution is 0.231.